The van der Waals surface area contributed by atoms with Gasteiger partial charge >= 0.3 is 0 Å². The van der Waals surface area contributed by atoms with Gasteiger partial charge in [0.25, 0.3) is 0 Å². The van der Waals surface area contributed by atoms with Gasteiger partial charge in [0, 0.05) is 6.54 Å². The first-order chi connectivity index (χ1) is 5.06. The Morgan fingerprint density at radius 3 is 2.64 bits per heavy atom. The van der Waals surface area contributed by atoms with Crippen molar-refractivity contribution in [3.8, 4) is 0 Å². The van der Waals surface area contributed by atoms with Gasteiger partial charge in [-0.3, -0.25) is 0 Å². The quantitative estimate of drug-likeness (QED) is 0.612. The number of rotatable bonds is 1. The minimum Gasteiger partial charge on any atom is -0.330 e. The van der Waals surface area contributed by atoms with Gasteiger partial charge in [0.1, 0.15) is 0 Å². The first-order valence-electron chi connectivity index (χ1n) is 4.45. The summed E-state index contributed by atoms with van der Waals surface area (Å²) in [6, 6.07) is 0. The van der Waals surface area contributed by atoms with E-state index in [9.17, 15) is 0 Å². The van der Waals surface area contributed by atoms with Gasteiger partial charge in [-0.2, -0.15) is 0 Å². The molecule has 1 aliphatic heterocycles. The molecule has 1 saturated heterocycles. The van der Waals surface area contributed by atoms with E-state index in [0.717, 1.165) is 6.54 Å². The van der Waals surface area contributed by atoms with E-state index in [4.69, 9.17) is 5.73 Å². The van der Waals surface area contributed by atoms with Gasteiger partial charge in [0.05, 0.1) is 0 Å². The maximum absolute atomic E-state index is 5.71. The Balaban J connectivity index is 2.56. The SMILES string of the molecule is CN1CCC(C)(C)C(CN)C1. The minimum absolute atomic E-state index is 0.460. The van der Waals surface area contributed by atoms with Gasteiger partial charge in [0.2, 0.25) is 0 Å². The number of nitrogens with zero attached hydrogens (tertiary/aromatic N) is 1. The Labute approximate surface area is 69.8 Å². The summed E-state index contributed by atoms with van der Waals surface area (Å²) in [6.45, 7) is 7.89. The lowest BCUT2D eigenvalue weighted by atomic mass is 9.73. The zero-order chi connectivity index (χ0) is 8.48. The summed E-state index contributed by atoms with van der Waals surface area (Å²) in [5.74, 6) is 0.682. The molecule has 0 radical (unpaired) electrons. The van der Waals surface area contributed by atoms with E-state index >= 15 is 0 Å². The van der Waals surface area contributed by atoms with E-state index in [1.54, 1.807) is 0 Å². The third-order valence-electron chi connectivity index (χ3n) is 3.06. The van der Waals surface area contributed by atoms with Crippen molar-refractivity contribution in [3.63, 3.8) is 0 Å². The van der Waals surface area contributed by atoms with Crippen molar-refractivity contribution in [2.75, 3.05) is 26.7 Å². The largest absolute Gasteiger partial charge is 0.330 e. The molecule has 0 aromatic rings. The standard InChI is InChI=1S/C9H20N2/c1-9(2)4-5-11(3)7-8(9)6-10/h8H,4-7,10H2,1-3H3. The molecule has 0 bridgehead atoms. The first kappa shape index (κ1) is 9.01. The van der Waals surface area contributed by atoms with E-state index in [0.29, 0.717) is 11.3 Å². The number of piperidine rings is 1. The predicted molar refractivity (Wildman–Crippen MR) is 48.4 cm³/mol. The second-order valence-electron chi connectivity index (χ2n) is 4.43. The number of nitrogens with two attached hydrogens (primary N) is 1. The van der Waals surface area contributed by atoms with Crippen LogP contribution in [-0.2, 0) is 0 Å². The van der Waals surface area contributed by atoms with Crippen molar-refractivity contribution in [3.05, 3.63) is 0 Å². The highest BCUT2D eigenvalue weighted by atomic mass is 15.1. The van der Waals surface area contributed by atoms with Gasteiger partial charge < -0.3 is 10.6 Å². The van der Waals surface area contributed by atoms with E-state index < -0.39 is 0 Å². The van der Waals surface area contributed by atoms with Gasteiger partial charge in [-0.05, 0) is 37.9 Å². The summed E-state index contributed by atoms with van der Waals surface area (Å²) in [5, 5.41) is 0. The van der Waals surface area contributed by atoms with Gasteiger partial charge in [-0.25, -0.2) is 0 Å². The fourth-order valence-electron chi connectivity index (χ4n) is 1.79. The van der Waals surface area contributed by atoms with Crippen LogP contribution in [0.4, 0.5) is 0 Å². The average Bonchev–Trinajstić information content (AvgIpc) is 1.94. The Morgan fingerprint density at radius 1 is 1.55 bits per heavy atom. The number of hydrogen-bond acceptors (Lipinski definition) is 2. The maximum atomic E-state index is 5.71. The van der Waals surface area contributed by atoms with Crippen LogP contribution in [0.2, 0.25) is 0 Å². The predicted octanol–water partition coefficient (Wildman–Crippen LogP) is 0.923. The maximum Gasteiger partial charge on any atom is 0.00238 e. The van der Waals surface area contributed by atoms with Crippen molar-refractivity contribution in [1.82, 2.24) is 4.90 Å². The van der Waals surface area contributed by atoms with Crippen LogP contribution in [0, 0.1) is 11.3 Å². The fraction of sp³-hybridized carbons (Fsp3) is 1.00. The Morgan fingerprint density at radius 2 is 2.18 bits per heavy atom. The van der Waals surface area contributed by atoms with Crippen LogP contribution in [-0.4, -0.2) is 31.6 Å². The van der Waals surface area contributed by atoms with Crippen molar-refractivity contribution < 1.29 is 0 Å². The molecule has 2 N–H and O–H groups in total. The van der Waals surface area contributed by atoms with Crippen LogP contribution < -0.4 is 5.73 Å². The molecule has 0 aromatic carbocycles. The van der Waals surface area contributed by atoms with Crippen LogP contribution in [0.3, 0.4) is 0 Å². The molecule has 0 spiro atoms. The molecule has 0 aliphatic carbocycles. The molecule has 66 valence electrons. The number of likely N-dealkylation sites (tertiary alicyclic amines) is 1. The topological polar surface area (TPSA) is 29.3 Å². The normalized spacial score (nSPS) is 32.2. The zero-order valence-corrected chi connectivity index (χ0v) is 7.93. The smallest absolute Gasteiger partial charge is 0.00238 e. The molecular formula is C9H20N2. The Bertz CT molecular complexity index is 132. The summed E-state index contributed by atoms with van der Waals surface area (Å²) in [5.41, 5.74) is 6.17. The zero-order valence-electron chi connectivity index (χ0n) is 7.93. The highest BCUT2D eigenvalue weighted by molar-refractivity contribution is 4.85. The molecule has 0 aromatic heterocycles. The van der Waals surface area contributed by atoms with Crippen LogP contribution in [0.25, 0.3) is 0 Å². The highest BCUT2D eigenvalue weighted by Gasteiger charge is 2.32. The van der Waals surface area contributed by atoms with Crippen LogP contribution in [0.15, 0.2) is 0 Å². The van der Waals surface area contributed by atoms with E-state index in [2.05, 4.69) is 25.8 Å². The molecule has 1 rings (SSSR count). The summed E-state index contributed by atoms with van der Waals surface area (Å²) in [4.78, 5) is 2.38. The second kappa shape index (κ2) is 3.11. The Hall–Kier alpha value is -0.0800. The van der Waals surface area contributed by atoms with Gasteiger partial charge in [-0.15, -0.1) is 0 Å². The molecule has 1 heterocycles. The van der Waals surface area contributed by atoms with E-state index in [1.807, 2.05) is 0 Å². The summed E-state index contributed by atoms with van der Waals surface area (Å²) in [7, 11) is 2.18. The molecule has 0 amide bonds. The minimum atomic E-state index is 0.460. The molecule has 1 fully saturated rings. The Kier molecular flexibility index (Phi) is 2.55. The molecule has 11 heavy (non-hydrogen) atoms. The third-order valence-corrected chi connectivity index (χ3v) is 3.06. The van der Waals surface area contributed by atoms with Gasteiger partial charge in [-0.1, -0.05) is 13.8 Å². The first-order valence-corrected chi connectivity index (χ1v) is 4.45. The molecule has 0 saturated carbocycles. The molecular weight excluding hydrogens is 136 g/mol. The number of hydrogen-bond donors (Lipinski definition) is 1. The van der Waals surface area contributed by atoms with Crippen LogP contribution in [0.5, 0.6) is 0 Å². The highest BCUT2D eigenvalue weighted by Crippen LogP contribution is 2.34. The monoisotopic (exact) mass is 156 g/mol. The van der Waals surface area contributed by atoms with E-state index in [-0.39, 0.29) is 0 Å². The van der Waals surface area contributed by atoms with Gasteiger partial charge in [0.15, 0.2) is 0 Å². The van der Waals surface area contributed by atoms with Crippen molar-refractivity contribution in [1.29, 1.82) is 0 Å². The van der Waals surface area contributed by atoms with Crippen molar-refractivity contribution >= 4 is 0 Å². The molecule has 1 unspecified atom stereocenters. The molecule has 1 aliphatic rings. The third kappa shape index (κ3) is 1.94. The summed E-state index contributed by atoms with van der Waals surface area (Å²) in [6.07, 6.45) is 1.28. The lowest BCUT2D eigenvalue weighted by Gasteiger charge is -2.42. The van der Waals surface area contributed by atoms with Crippen LogP contribution >= 0.6 is 0 Å². The van der Waals surface area contributed by atoms with Crippen LogP contribution in [0.1, 0.15) is 20.3 Å². The fourth-order valence-corrected chi connectivity index (χ4v) is 1.79. The molecule has 2 heteroatoms. The summed E-state index contributed by atoms with van der Waals surface area (Å²) < 4.78 is 0. The second-order valence-corrected chi connectivity index (χ2v) is 4.43. The molecule has 2 nitrogen and oxygen atoms in total. The summed E-state index contributed by atoms with van der Waals surface area (Å²) >= 11 is 0. The average molecular weight is 156 g/mol. The van der Waals surface area contributed by atoms with Crippen molar-refractivity contribution in [2.24, 2.45) is 17.1 Å². The van der Waals surface area contributed by atoms with Crippen molar-refractivity contribution in [2.45, 2.75) is 20.3 Å². The molecule has 1 atom stereocenters. The lowest BCUT2D eigenvalue weighted by molar-refractivity contribution is 0.0817. The lowest BCUT2D eigenvalue weighted by Crippen LogP contribution is -2.45. The van der Waals surface area contributed by atoms with E-state index in [1.165, 1.54) is 19.5 Å².